The number of nitrogens with two attached hydrogens (primary N) is 1. The number of Topliss-reactive ketones (excluding diaryl/α,β-unsaturated/α-hetero) is 1. The van der Waals surface area contributed by atoms with Gasteiger partial charge in [0.1, 0.15) is 0 Å². The number of ketones is 1. The molecule has 3 heteroatoms. The highest BCUT2D eigenvalue weighted by atomic mass is 16.3. The van der Waals surface area contributed by atoms with Gasteiger partial charge in [0.15, 0.2) is 5.78 Å². The van der Waals surface area contributed by atoms with E-state index in [4.69, 9.17) is 5.73 Å². The molecule has 1 aliphatic rings. The van der Waals surface area contributed by atoms with Crippen LogP contribution in [0.1, 0.15) is 35.2 Å². The summed E-state index contributed by atoms with van der Waals surface area (Å²) in [6.07, 6.45) is 2.77. The third kappa shape index (κ3) is 2.68. The van der Waals surface area contributed by atoms with Crippen LogP contribution in [-0.2, 0) is 6.42 Å². The zero-order valence-corrected chi connectivity index (χ0v) is 9.28. The Labute approximate surface area is 95.3 Å². The molecule has 1 aliphatic carbocycles. The lowest BCUT2D eigenvalue weighted by Gasteiger charge is -2.08. The molecule has 3 nitrogen and oxygen atoms in total. The summed E-state index contributed by atoms with van der Waals surface area (Å²) in [6.45, 7) is 0.382. The van der Waals surface area contributed by atoms with Crippen LogP contribution in [0.25, 0.3) is 0 Å². The second-order valence-electron chi connectivity index (χ2n) is 4.56. The van der Waals surface area contributed by atoms with Crippen LogP contribution >= 0.6 is 0 Å². The van der Waals surface area contributed by atoms with E-state index in [0.29, 0.717) is 24.9 Å². The van der Waals surface area contributed by atoms with Crippen molar-refractivity contribution in [2.24, 2.45) is 5.73 Å². The van der Waals surface area contributed by atoms with E-state index in [2.05, 4.69) is 0 Å². The van der Waals surface area contributed by atoms with Crippen LogP contribution in [-0.4, -0.2) is 23.0 Å². The topological polar surface area (TPSA) is 63.3 Å². The van der Waals surface area contributed by atoms with Gasteiger partial charge in [0.05, 0.1) is 5.60 Å². The number of aliphatic hydroxyl groups is 1. The third-order valence-electron chi connectivity index (χ3n) is 2.98. The number of carbonyl (C=O) groups is 1. The molecule has 3 N–H and O–H groups in total. The Morgan fingerprint density at radius 3 is 2.81 bits per heavy atom. The molecule has 0 aliphatic heterocycles. The second-order valence-corrected chi connectivity index (χ2v) is 4.56. The van der Waals surface area contributed by atoms with E-state index in [1.807, 2.05) is 18.2 Å². The molecular weight excluding hydrogens is 202 g/mol. The SMILES string of the molecule is NCCC(=O)c1cccc(CC2(O)CC2)c1. The molecule has 0 atom stereocenters. The number of carbonyl (C=O) groups excluding carboxylic acids is 1. The molecule has 86 valence electrons. The summed E-state index contributed by atoms with van der Waals surface area (Å²) >= 11 is 0. The minimum atomic E-state index is -0.504. The summed E-state index contributed by atoms with van der Waals surface area (Å²) in [5.41, 5.74) is 6.58. The summed E-state index contributed by atoms with van der Waals surface area (Å²) in [5.74, 6) is 0.0761. The lowest BCUT2D eigenvalue weighted by Crippen LogP contribution is -2.12. The number of hydrogen-bond acceptors (Lipinski definition) is 3. The molecule has 1 aromatic carbocycles. The first-order valence-electron chi connectivity index (χ1n) is 5.68. The number of rotatable bonds is 5. The number of benzene rings is 1. The quantitative estimate of drug-likeness (QED) is 0.733. The highest BCUT2D eigenvalue weighted by molar-refractivity contribution is 5.96. The molecule has 1 fully saturated rings. The van der Waals surface area contributed by atoms with Gasteiger partial charge in [0.25, 0.3) is 0 Å². The van der Waals surface area contributed by atoms with Gasteiger partial charge in [-0.2, -0.15) is 0 Å². The standard InChI is InChI=1S/C13H17NO2/c14-7-4-12(15)11-3-1-2-10(8-11)9-13(16)5-6-13/h1-3,8,16H,4-7,9,14H2. The second kappa shape index (κ2) is 4.36. The van der Waals surface area contributed by atoms with E-state index in [9.17, 15) is 9.90 Å². The fourth-order valence-electron chi connectivity index (χ4n) is 1.83. The summed E-state index contributed by atoms with van der Waals surface area (Å²) in [5, 5.41) is 9.81. The van der Waals surface area contributed by atoms with Crippen LogP contribution in [0.3, 0.4) is 0 Å². The summed E-state index contributed by atoms with van der Waals surface area (Å²) in [6, 6.07) is 7.49. The van der Waals surface area contributed by atoms with Crippen molar-refractivity contribution in [1.29, 1.82) is 0 Å². The van der Waals surface area contributed by atoms with Crippen molar-refractivity contribution in [2.45, 2.75) is 31.3 Å². The maximum absolute atomic E-state index is 11.6. The Balaban J connectivity index is 2.09. The highest BCUT2D eigenvalue weighted by Crippen LogP contribution is 2.38. The molecule has 0 radical (unpaired) electrons. The molecule has 0 heterocycles. The third-order valence-corrected chi connectivity index (χ3v) is 2.98. The minimum absolute atomic E-state index is 0.0761. The van der Waals surface area contributed by atoms with Crippen LogP contribution in [0.5, 0.6) is 0 Å². The monoisotopic (exact) mass is 219 g/mol. The van der Waals surface area contributed by atoms with Crippen LogP contribution < -0.4 is 5.73 Å². The Hall–Kier alpha value is -1.19. The summed E-state index contributed by atoms with van der Waals surface area (Å²) in [4.78, 5) is 11.6. The highest BCUT2D eigenvalue weighted by Gasteiger charge is 2.40. The predicted octanol–water partition coefficient (Wildman–Crippen LogP) is 1.29. The Morgan fingerprint density at radius 2 is 2.19 bits per heavy atom. The molecule has 0 saturated heterocycles. The lowest BCUT2D eigenvalue weighted by molar-refractivity contribution is 0.0985. The average molecular weight is 219 g/mol. The van der Waals surface area contributed by atoms with Crippen LogP contribution in [0.15, 0.2) is 24.3 Å². The normalized spacial score (nSPS) is 17.1. The van der Waals surface area contributed by atoms with Crippen LogP contribution in [0, 0.1) is 0 Å². The zero-order valence-electron chi connectivity index (χ0n) is 9.28. The first-order valence-corrected chi connectivity index (χ1v) is 5.68. The molecular formula is C13H17NO2. The maximum Gasteiger partial charge on any atom is 0.164 e. The van der Waals surface area contributed by atoms with Gasteiger partial charge in [-0.1, -0.05) is 18.2 Å². The Morgan fingerprint density at radius 1 is 1.44 bits per heavy atom. The largest absolute Gasteiger partial charge is 0.390 e. The zero-order chi connectivity index (χ0) is 11.6. The van der Waals surface area contributed by atoms with Crippen molar-refractivity contribution in [3.05, 3.63) is 35.4 Å². The van der Waals surface area contributed by atoms with Crippen molar-refractivity contribution < 1.29 is 9.90 Å². The fourth-order valence-corrected chi connectivity index (χ4v) is 1.83. The van der Waals surface area contributed by atoms with E-state index in [1.54, 1.807) is 6.07 Å². The summed E-state index contributed by atoms with van der Waals surface area (Å²) < 4.78 is 0. The van der Waals surface area contributed by atoms with Gasteiger partial charge in [0.2, 0.25) is 0 Å². The van der Waals surface area contributed by atoms with Gasteiger partial charge in [0, 0.05) is 18.4 Å². The van der Waals surface area contributed by atoms with Gasteiger partial charge in [-0.05, 0) is 31.0 Å². The molecule has 16 heavy (non-hydrogen) atoms. The van der Waals surface area contributed by atoms with Gasteiger partial charge >= 0.3 is 0 Å². The molecule has 0 spiro atoms. The van der Waals surface area contributed by atoms with Crippen molar-refractivity contribution in [3.8, 4) is 0 Å². The Kier molecular flexibility index (Phi) is 3.08. The van der Waals surface area contributed by atoms with Crippen LogP contribution in [0.4, 0.5) is 0 Å². The molecule has 0 unspecified atom stereocenters. The van der Waals surface area contributed by atoms with E-state index in [0.717, 1.165) is 18.4 Å². The van der Waals surface area contributed by atoms with E-state index >= 15 is 0 Å². The molecule has 1 saturated carbocycles. The molecule has 0 bridgehead atoms. The number of hydrogen-bond donors (Lipinski definition) is 2. The predicted molar refractivity (Wildman–Crippen MR) is 62.3 cm³/mol. The average Bonchev–Trinajstić information content (AvgIpc) is 2.97. The van der Waals surface area contributed by atoms with E-state index < -0.39 is 5.60 Å². The van der Waals surface area contributed by atoms with Crippen LogP contribution in [0.2, 0.25) is 0 Å². The molecule has 2 rings (SSSR count). The minimum Gasteiger partial charge on any atom is -0.390 e. The first kappa shape index (κ1) is 11.3. The lowest BCUT2D eigenvalue weighted by atomic mass is 10.0. The van der Waals surface area contributed by atoms with Gasteiger partial charge < -0.3 is 10.8 Å². The van der Waals surface area contributed by atoms with Gasteiger partial charge in [-0.15, -0.1) is 0 Å². The fraction of sp³-hybridized carbons (Fsp3) is 0.462. The Bertz CT molecular complexity index is 397. The molecule has 1 aromatic rings. The maximum atomic E-state index is 11.6. The van der Waals surface area contributed by atoms with Crippen molar-refractivity contribution in [1.82, 2.24) is 0 Å². The van der Waals surface area contributed by atoms with E-state index in [1.165, 1.54) is 0 Å². The van der Waals surface area contributed by atoms with Crippen molar-refractivity contribution in [2.75, 3.05) is 6.54 Å². The molecule has 0 amide bonds. The van der Waals surface area contributed by atoms with Crippen molar-refractivity contribution >= 4 is 5.78 Å². The van der Waals surface area contributed by atoms with Gasteiger partial charge in [-0.3, -0.25) is 4.79 Å². The van der Waals surface area contributed by atoms with E-state index in [-0.39, 0.29) is 5.78 Å². The first-order chi connectivity index (χ1) is 7.63. The van der Waals surface area contributed by atoms with Gasteiger partial charge in [-0.25, -0.2) is 0 Å². The smallest absolute Gasteiger partial charge is 0.164 e. The van der Waals surface area contributed by atoms with Crippen molar-refractivity contribution in [3.63, 3.8) is 0 Å². The summed E-state index contributed by atoms with van der Waals surface area (Å²) in [7, 11) is 0. The molecule has 0 aromatic heterocycles.